The Morgan fingerprint density at radius 3 is 2.75 bits per heavy atom. The minimum atomic E-state index is 0.699. The molecule has 1 atom stereocenters. The van der Waals surface area contributed by atoms with E-state index in [1.54, 1.807) is 0 Å². The predicted octanol–water partition coefficient (Wildman–Crippen LogP) is 2.85. The minimum absolute atomic E-state index is 0.699. The van der Waals surface area contributed by atoms with Gasteiger partial charge in [0.15, 0.2) is 5.17 Å². The lowest BCUT2D eigenvalue weighted by Crippen LogP contribution is -2.29. The molecule has 0 aromatic carbocycles. The standard InChI is InChI=1S/C12H22N2S2/c1-9(2)11-8-14-12(16-11)13-7-10-3-5-15-6-4-10/h9-11H,3-8H2,1-2H3,(H,13,14). The second-order valence-corrected chi connectivity index (χ2v) is 7.44. The van der Waals surface area contributed by atoms with Crippen LogP contribution >= 0.6 is 23.5 Å². The molecule has 4 heteroatoms. The van der Waals surface area contributed by atoms with Crippen LogP contribution in [-0.4, -0.2) is 35.0 Å². The van der Waals surface area contributed by atoms with Crippen LogP contribution in [-0.2, 0) is 0 Å². The topological polar surface area (TPSA) is 24.4 Å². The Morgan fingerprint density at radius 2 is 2.12 bits per heavy atom. The van der Waals surface area contributed by atoms with Gasteiger partial charge in [-0.3, -0.25) is 4.99 Å². The summed E-state index contributed by atoms with van der Waals surface area (Å²) in [7, 11) is 0. The Labute approximate surface area is 107 Å². The number of aliphatic imine (C=N–C) groups is 1. The molecule has 0 aromatic rings. The molecule has 2 aliphatic rings. The summed E-state index contributed by atoms with van der Waals surface area (Å²) in [5.74, 6) is 4.31. The van der Waals surface area contributed by atoms with Crippen molar-refractivity contribution in [3.8, 4) is 0 Å². The molecule has 0 amide bonds. The Kier molecular flexibility index (Phi) is 4.89. The summed E-state index contributed by atoms with van der Waals surface area (Å²) in [5.41, 5.74) is 0. The maximum Gasteiger partial charge on any atom is 0.156 e. The van der Waals surface area contributed by atoms with Gasteiger partial charge in [0.05, 0.1) is 6.54 Å². The predicted molar refractivity (Wildman–Crippen MR) is 76.6 cm³/mol. The van der Waals surface area contributed by atoms with Gasteiger partial charge in [0, 0.05) is 11.8 Å². The molecule has 1 N–H and O–H groups in total. The van der Waals surface area contributed by atoms with E-state index in [2.05, 4.69) is 35.9 Å². The lowest BCUT2D eigenvalue weighted by atomic mass is 10.0. The van der Waals surface area contributed by atoms with Gasteiger partial charge in [-0.1, -0.05) is 25.6 Å². The number of nitrogens with one attached hydrogen (secondary N) is 1. The monoisotopic (exact) mass is 258 g/mol. The van der Waals surface area contributed by atoms with Gasteiger partial charge in [-0.25, -0.2) is 0 Å². The molecular weight excluding hydrogens is 236 g/mol. The number of rotatable bonds is 3. The second kappa shape index (κ2) is 6.20. The van der Waals surface area contributed by atoms with Crippen molar-refractivity contribution in [2.24, 2.45) is 16.8 Å². The van der Waals surface area contributed by atoms with Crippen molar-refractivity contribution in [3.63, 3.8) is 0 Å². The Hall–Kier alpha value is 0.170. The fourth-order valence-corrected chi connectivity index (χ4v) is 4.25. The average molecular weight is 258 g/mol. The highest BCUT2D eigenvalue weighted by atomic mass is 32.2. The Bertz CT molecular complexity index is 247. The van der Waals surface area contributed by atoms with E-state index in [4.69, 9.17) is 0 Å². The molecule has 2 nitrogen and oxygen atoms in total. The lowest BCUT2D eigenvalue weighted by Gasteiger charge is -2.22. The highest BCUT2D eigenvalue weighted by Gasteiger charge is 2.23. The summed E-state index contributed by atoms with van der Waals surface area (Å²) in [6.45, 7) is 6.71. The molecular formula is C12H22N2S2. The highest BCUT2D eigenvalue weighted by Crippen LogP contribution is 2.27. The van der Waals surface area contributed by atoms with Crippen LogP contribution in [0, 0.1) is 11.8 Å². The van der Waals surface area contributed by atoms with Crippen molar-refractivity contribution < 1.29 is 0 Å². The number of hydrogen-bond donors (Lipinski definition) is 1. The zero-order valence-electron chi connectivity index (χ0n) is 10.2. The Morgan fingerprint density at radius 1 is 1.38 bits per heavy atom. The van der Waals surface area contributed by atoms with Crippen LogP contribution < -0.4 is 5.32 Å². The maximum atomic E-state index is 4.59. The molecule has 16 heavy (non-hydrogen) atoms. The molecule has 0 spiro atoms. The summed E-state index contributed by atoms with van der Waals surface area (Å²) in [6.07, 6.45) is 2.76. The molecule has 0 aliphatic carbocycles. The van der Waals surface area contributed by atoms with E-state index in [1.807, 2.05) is 11.8 Å². The molecule has 0 radical (unpaired) electrons. The molecule has 0 saturated carbocycles. The fraction of sp³-hybridized carbons (Fsp3) is 0.917. The molecule has 1 saturated heterocycles. The molecule has 0 aromatic heterocycles. The molecule has 1 unspecified atom stereocenters. The molecule has 2 rings (SSSR count). The average Bonchev–Trinajstić information content (AvgIpc) is 2.76. The highest BCUT2D eigenvalue weighted by molar-refractivity contribution is 8.14. The normalized spacial score (nSPS) is 27.2. The third-order valence-corrected chi connectivity index (χ3v) is 5.85. The van der Waals surface area contributed by atoms with Gasteiger partial charge >= 0.3 is 0 Å². The van der Waals surface area contributed by atoms with Crippen molar-refractivity contribution in [1.82, 2.24) is 5.32 Å². The van der Waals surface area contributed by atoms with Crippen molar-refractivity contribution in [3.05, 3.63) is 0 Å². The van der Waals surface area contributed by atoms with Gasteiger partial charge in [-0.2, -0.15) is 11.8 Å². The van der Waals surface area contributed by atoms with E-state index in [1.165, 1.54) is 29.5 Å². The smallest absolute Gasteiger partial charge is 0.156 e. The van der Waals surface area contributed by atoms with E-state index in [0.717, 1.165) is 24.9 Å². The first-order valence-corrected chi connectivity index (χ1v) is 8.32. The number of amidine groups is 1. The third kappa shape index (κ3) is 3.59. The first-order valence-electron chi connectivity index (χ1n) is 6.28. The molecule has 2 aliphatic heterocycles. The van der Waals surface area contributed by atoms with Crippen molar-refractivity contribution in [2.45, 2.75) is 31.9 Å². The van der Waals surface area contributed by atoms with Crippen molar-refractivity contribution in [2.75, 3.05) is 24.6 Å². The quantitative estimate of drug-likeness (QED) is 0.842. The van der Waals surface area contributed by atoms with Gasteiger partial charge in [0.2, 0.25) is 0 Å². The number of thioether (sulfide) groups is 2. The van der Waals surface area contributed by atoms with E-state index in [-0.39, 0.29) is 0 Å². The summed E-state index contributed by atoms with van der Waals surface area (Å²) >= 11 is 4.04. The molecule has 1 fully saturated rings. The fourth-order valence-electron chi connectivity index (χ4n) is 2.02. The summed E-state index contributed by atoms with van der Waals surface area (Å²) in [5, 5.41) is 5.43. The minimum Gasteiger partial charge on any atom is -0.365 e. The van der Waals surface area contributed by atoms with Crippen LogP contribution in [0.5, 0.6) is 0 Å². The van der Waals surface area contributed by atoms with Gasteiger partial charge in [0.1, 0.15) is 0 Å². The van der Waals surface area contributed by atoms with Gasteiger partial charge in [-0.15, -0.1) is 0 Å². The van der Waals surface area contributed by atoms with Crippen LogP contribution in [0.25, 0.3) is 0 Å². The van der Waals surface area contributed by atoms with E-state index in [9.17, 15) is 0 Å². The zero-order chi connectivity index (χ0) is 11.4. The van der Waals surface area contributed by atoms with Crippen LogP contribution in [0.1, 0.15) is 26.7 Å². The van der Waals surface area contributed by atoms with Crippen LogP contribution in [0.15, 0.2) is 4.99 Å². The second-order valence-electron chi connectivity index (χ2n) is 4.98. The van der Waals surface area contributed by atoms with Gasteiger partial charge in [-0.05, 0) is 36.2 Å². The van der Waals surface area contributed by atoms with Gasteiger partial charge < -0.3 is 5.32 Å². The summed E-state index contributed by atoms with van der Waals surface area (Å²) in [4.78, 5) is 4.59. The molecule has 0 bridgehead atoms. The van der Waals surface area contributed by atoms with E-state index < -0.39 is 0 Å². The van der Waals surface area contributed by atoms with E-state index in [0.29, 0.717) is 5.25 Å². The Balaban J connectivity index is 1.67. The first kappa shape index (κ1) is 12.6. The van der Waals surface area contributed by atoms with Crippen LogP contribution in [0.3, 0.4) is 0 Å². The van der Waals surface area contributed by atoms with E-state index >= 15 is 0 Å². The number of hydrogen-bond acceptors (Lipinski definition) is 4. The lowest BCUT2D eigenvalue weighted by molar-refractivity contribution is 0.483. The first-order chi connectivity index (χ1) is 7.75. The maximum absolute atomic E-state index is 4.59. The third-order valence-electron chi connectivity index (χ3n) is 3.30. The van der Waals surface area contributed by atoms with Crippen LogP contribution in [0.2, 0.25) is 0 Å². The van der Waals surface area contributed by atoms with Crippen molar-refractivity contribution in [1.29, 1.82) is 0 Å². The zero-order valence-corrected chi connectivity index (χ0v) is 11.9. The largest absolute Gasteiger partial charge is 0.365 e. The summed E-state index contributed by atoms with van der Waals surface area (Å²) < 4.78 is 0. The van der Waals surface area contributed by atoms with Gasteiger partial charge in [0.25, 0.3) is 0 Å². The summed E-state index contributed by atoms with van der Waals surface area (Å²) in [6, 6.07) is 0. The SMILES string of the molecule is CC(C)C1CN=C(NCC2CCSCC2)S1. The molecule has 2 heterocycles. The molecule has 92 valence electrons. The number of nitrogens with zero attached hydrogens (tertiary/aromatic N) is 1. The van der Waals surface area contributed by atoms with Crippen LogP contribution in [0.4, 0.5) is 0 Å². The van der Waals surface area contributed by atoms with Crippen molar-refractivity contribution >= 4 is 28.7 Å².